The summed E-state index contributed by atoms with van der Waals surface area (Å²) >= 11 is 0. The zero-order chi connectivity index (χ0) is 16.8. The molecule has 1 amide bonds. The molecule has 6 heteroatoms. The Bertz CT molecular complexity index is 655. The molecular weight excluding hydrogens is 302 g/mol. The Kier molecular flexibility index (Phi) is 5.78. The molecule has 0 aliphatic rings. The Labute approximate surface area is 133 Å². The zero-order valence-electron chi connectivity index (χ0n) is 12.6. The molecule has 0 fully saturated rings. The molecule has 0 aliphatic carbocycles. The lowest BCUT2D eigenvalue weighted by atomic mass is 10.1. The van der Waals surface area contributed by atoms with Gasteiger partial charge in [-0.2, -0.15) is 0 Å². The summed E-state index contributed by atoms with van der Waals surface area (Å²) in [5.74, 6) is -1.68. The third-order valence-corrected chi connectivity index (χ3v) is 3.27. The van der Waals surface area contributed by atoms with Crippen LogP contribution in [0.2, 0.25) is 0 Å². The second kappa shape index (κ2) is 7.80. The summed E-state index contributed by atoms with van der Waals surface area (Å²) in [5.41, 5.74) is 1.27. The van der Waals surface area contributed by atoms with Crippen LogP contribution in [0.25, 0.3) is 0 Å². The summed E-state index contributed by atoms with van der Waals surface area (Å²) in [5, 5.41) is 15.5. The molecule has 1 unspecified atom stereocenters. The van der Waals surface area contributed by atoms with E-state index in [4.69, 9.17) is 0 Å². The number of nitrogens with one attached hydrogen (secondary N) is 2. The summed E-state index contributed by atoms with van der Waals surface area (Å²) in [6.07, 6.45) is -1.27. The van der Waals surface area contributed by atoms with Gasteiger partial charge in [0.25, 0.3) is 0 Å². The first-order chi connectivity index (χ1) is 11.0. The Morgan fingerprint density at radius 1 is 1.13 bits per heavy atom. The molecule has 0 bridgehead atoms. The molecule has 23 heavy (non-hydrogen) atoms. The number of halogens is 2. The van der Waals surface area contributed by atoms with Crippen molar-refractivity contribution in [3.63, 3.8) is 0 Å². The minimum absolute atomic E-state index is 0.0191. The first kappa shape index (κ1) is 17.1. The third-order valence-electron chi connectivity index (χ3n) is 3.27. The van der Waals surface area contributed by atoms with Crippen molar-refractivity contribution >= 4 is 11.6 Å². The molecule has 0 saturated carbocycles. The Hall–Kier alpha value is -2.31. The summed E-state index contributed by atoms with van der Waals surface area (Å²) in [6.45, 7) is 1.87. The van der Waals surface area contributed by atoms with Crippen molar-refractivity contribution in [2.75, 3.05) is 11.9 Å². The fraction of sp³-hybridized carbons (Fsp3) is 0.235. The highest BCUT2D eigenvalue weighted by atomic mass is 19.1. The number of aliphatic hydroxyl groups excluding tert-OH is 1. The number of amides is 1. The normalized spacial score (nSPS) is 12.0. The summed E-state index contributed by atoms with van der Waals surface area (Å²) in [6, 6.07) is 10.6. The number of benzene rings is 2. The molecule has 122 valence electrons. The lowest BCUT2D eigenvalue weighted by Gasteiger charge is -2.14. The molecule has 2 aromatic rings. The molecule has 2 rings (SSSR count). The maximum atomic E-state index is 13.5. The van der Waals surface area contributed by atoms with Gasteiger partial charge in [0.15, 0.2) is 0 Å². The number of hydrogen-bond acceptors (Lipinski definition) is 3. The van der Waals surface area contributed by atoms with Gasteiger partial charge in [-0.1, -0.05) is 18.2 Å². The number of aliphatic hydroxyl groups is 1. The van der Waals surface area contributed by atoms with Gasteiger partial charge < -0.3 is 15.7 Å². The Morgan fingerprint density at radius 3 is 2.30 bits per heavy atom. The minimum Gasteiger partial charge on any atom is -0.387 e. The van der Waals surface area contributed by atoms with Gasteiger partial charge in [-0.05, 0) is 29.8 Å². The van der Waals surface area contributed by atoms with Gasteiger partial charge in [0.1, 0.15) is 11.6 Å². The van der Waals surface area contributed by atoms with E-state index in [0.29, 0.717) is 12.2 Å². The predicted molar refractivity (Wildman–Crippen MR) is 83.8 cm³/mol. The quantitative estimate of drug-likeness (QED) is 0.767. The highest BCUT2D eigenvalue weighted by molar-refractivity contribution is 5.88. The number of rotatable bonds is 6. The van der Waals surface area contributed by atoms with Crippen LogP contribution < -0.4 is 10.6 Å². The van der Waals surface area contributed by atoms with Gasteiger partial charge in [0.05, 0.1) is 11.7 Å². The largest absolute Gasteiger partial charge is 0.387 e. The fourth-order valence-corrected chi connectivity index (χ4v) is 2.19. The van der Waals surface area contributed by atoms with E-state index in [9.17, 15) is 18.7 Å². The number of carbonyl (C=O) groups is 1. The predicted octanol–water partition coefficient (Wildman–Crippen LogP) is 2.75. The van der Waals surface area contributed by atoms with E-state index in [2.05, 4.69) is 10.6 Å². The molecule has 4 nitrogen and oxygen atoms in total. The maximum absolute atomic E-state index is 13.5. The fourth-order valence-electron chi connectivity index (χ4n) is 2.19. The van der Waals surface area contributed by atoms with Crippen molar-refractivity contribution in [1.29, 1.82) is 0 Å². The van der Waals surface area contributed by atoms with E-state index in [0.717, 1.165) is 17.7 Å². The van der Waals surface area contributed by atoms with Crippen molar-refractivity contribution in [2.45, 2.75) is 19.6 Å². The average molecular weight is 320 g/mol. The SMILES string of the molecule is CC(=O)Nc1ccc(CNCC(O)c2c(F)cccc2F)cc1. The molecule has 3 N–H and O–H groups in total. The summed E-state index contributed by atoms with van der Waals surface area (Å²) in [4.78, 5) is 10.9. The van der Waals surface area contributed by atoms with Crippen LogP contribution in [-0.4, -0.2) is 17.6 Å². The van der Waals surface area contributed by atoms with Gasteiger partial charge >= 0.3 is 0 Å². The topological polar surface area (TPSA) is 61.4 Å². The van der Waals surface area contributed by atoms with Crippen LogP contribution >= 0.6 is 0 Å². The first-order valence-electron chi connectivity index (χ1n) is 7.16. The van der Waals surface area contributed by atoms with E-state index in [1.165, 1.54) is 13.0 Å². The van der Waals surface area contributed by atoms with Gasteiger partial charge in [0.2, 0.25) is 5.91 Å². The summed E-state index contributed by atoms with van der Waals surface area (Å²) < 4.78 is 27.1. The van der Waals surface area contributed by atoms with Crippen LogP contribution in [0.1, 0.15) is 24.2 Å². The molecule has 1 atom stereocenters. The van der Waals surface area contributed by atoms with Crippen LogP contribution in [0.4, 0.5) is 14.5 Å². The van der Waals surface area contributed by atoms with Gasteiger partial charge in [-0.25, -0.2) is 8.78 Å². The van der Waals surface area contributed by atoms with Crippen LogP contribution in [0.3, 0.4) is 0 Å². The average Bonchev–Trinajstić information content (AvgIpc) is 2.48. The van der Waals surface area contributed by atoms with Gasteiger partial charge in [-0.3, -0.25) is 4.79 Å². The van der Waals surface area contributed by atoms with Gasteiger partial charge in [0, 0.05) is 25.7 Å². The van der Waals surface area contributed by atoms with Crippen LogP contribution in [-0.2, 0) is 11.3 Å². The third kappa shape index (κ3) is 4.84. The van der Waals surface area contributed by atoms with Crippen molar-refractivity contribution < 1.29 is 18.7 Å². The molecule has 0 aliphatic heterocycles. The van der Waals surface area contributed by atoms with E-state index >= 15 is 0 Å². The Balaban J connectivity index is 1.88. The zero-order valence-corrected chi connectivity index (χ0v) is 12.6. The second-order valence-corrected chi connectivity index (χ2v) is 5.16. The van der Waals surface area contributed by atoms with Crippen molar-refractivity contribution in [2.24, 2.45) is 0 Å². The van der Waals surface area contributed by atoms with Crippen molar-refractivity contribution in [3.05, 3.63) is 65.2 Å². The van der Waals surface area contributed by atoms with E-state index in [1.807, 2.05) is 12.1 Å². The molecule has 0 saturated heterocycles. The molecule has 0 radical (unpaired) electrons. The molecule has 0 aromatic heterocycles. The van der Waals surface area contributed by atoms with Gasteiger partial charge in [-0.15, -0.1) is 0 Å². The lowest BCUT2D eigenvalue weighted by Crippen LogP contribution is -2.22. The number of carbonyl (C=O) groups excluding carboxylic acids is 1. The highest BCUT2D eigenvalue weighted by Gasteiger charge is 2.17. The highest BCUT2D eigenvalue weighted by Crippen LogP contribution is 2.20. The van der Waals surface area contributed by atoms with E-state index < -0.39 is 17.7 Å². The van der Waals surface area contributed by atoms with E-state index in [1.54, 1.807) is 12.1 Å². The molecular formula is C17H18F2N2O2. The number of hydrogen-bond donors (Lipinski definition) is 3. The smallest absolute Gasteiger partial charge is 0.221 e. The number of anilines is 1. The minimum atomic E-state index is -1.27. The first-order valence-corrected chi connectivity index (χ1v) is 7.16. The molecule has 0 spiro atoms. The van der Waals surface area contributed by atoms with Crippen LogP contribution in [0.5, 0.6) is 0 Å². The maximum Gasteiger partial charge on any atom is 0.221 e. The molecule has 0 heterocycles. The van der Waals surface area contributed by atoms with Crippen molar-refractivity contribution in [3.8, 4) is 0 Å². The lowest BCUT2D eigenvalue weighted by molar-refractivity contribution is -0.114. The Morgan fingerprint density at radius 2 is 1.74 bits per heavy atom. The van der Waals surface area contributed by atoms with Crippen LogP contribution in [0, 0.1) is 11.6 Å². The molecule has 2 aromatic carbocycles. The standard InChI is InChI=1S/C17H18F2N2O2/c1-11(22)21-13-7-5-12(6-8-13)9-20-10-16(23)17-14(18)3-2-4-15(17)19/h2-8,16,20,23H,9-10H2,1H3,(H,21,22). The van der Waals surface area contributed by atoms with Crippen molar-refractivity contribution in [1.82, 2.24) is 5.32 Å². The van der Waals surface area contributed by atoms with E-state index in [-0.39, 0.29) is 18.0 Å². The monoisotopic (exact) mass is 320 g/mol. The van der Waals surface area contributed by atoms with Crippen LogP contribution in [0.15, 0.2) is 42.5 Å². The second-order valence-electron chi connectivity index (χ2n) is 5.16. The summed E-state index contributed by atoms with van der Waals surface area (Å²) in [7, 11) is 0.